The molecule has 0 saturated carbocycles. The van der Waals surface area contributed by atoms with E-state index >= 15 is 0 Å². The van der Waals surface area contributed by atoms with E-state index in [0.717, 1.165) is 0 Å². The van der Waals surface area contributed by atoms with Gasteiger partial charge in [-0.15, -0.1) is 0 Å². The van der Waals surface area contributed by atoms with Crippen molar-refractivity contribution in [1.29, 1.82) is 0 Å². The lowest BCUT2D eigenvalue weighted by molar-refractivity contribution is 0.401. The Bertz CT molecular complexity index is 3760. The molecule has 2 aliphatic carbocycles. The van der Waals surface area contributed by atoms with Crippen LogP contribution in [0.2, 0.25) is 0 Å². The molecule has 0 nitrogen and oxygen atoms in total. The van der Waals surface area contributed by atoms with Gasteiger partial charge in [-0.2, -0.15) is 0 Å². The van der Waals surface area contributed by atoms with E-state index in [4.69, 9.17) is 0 Å². The molecule has 0 N–H and O–H groups in total. The van der Waals surface area contributed by atoms with E-state index in [-0.39, 0.29) is 10.8 Å². The second kappa shape index (κ2) is 23.5. The molecule has 0 aromatic heterocycles. The zero-order valence-electron chi connectivity index (χ0n) is 49.6. The summed E-state index contributed by atoms with van der Waals surface area (Å²) in [6.45, 7) is 9.35. The predicted molar refractivity (Wildman–Crippen MR) is 357 cm³/mol. The Morgan fingerprint density at radius 2 is 0.524 bits per heavy atom. The average molecular weight is 1070 g/mol. The van der Waals surface area contributed by atoms with E-state index in [9.17, 15) is 0 Å². The van der Waals surface area contributed by atoms with Gasteiger partial charge in [0.2, 0.25) is 0 Å². The van der Waals surface area contributed by atoms with Crippen LogP contribution in [-0.4, -0.2) is 0 Å². The van der Waals surface area contributed by atoms with Crippen LogP contribution in [0, 0.1) is 0 Å². The SMILES string of the molecule is CCCCCCC1(CCCCCC)c2ccccc2-c2ccc(-c3ccccc3-c3ccc4c5cccc6c(-c7ccccc7-c7ccc8c(c7)C(CCCCCC)(CCCCCC)c7ccccc7-8)ccc(c7cccc3c74)c65)cc21. The van der Waals surface area contributed by atoms with Crippen LogP contribution in [0.1, 0.15) is 178 Å². The second-order valence-electron chi connectivity index (χ2n) is 24.9. The van der Waals surface area contributed by atoms with Gasteiger partial charge in [0, 0.05) is 10.8 Å². The summed E-state index contributed by atoms with van der Waals surface area (Å²) in [5, 5.41) is 10.7. The number of benzene rings is 11. The number of hydrogen-bond acceptors (Lipinski definition) is 0. The van der Waals surface area contributed by atoms with Crippen LogP contribution in [0.5, 0.6) is 0 Å². The molecule has 0 aliphatic heterocycles. The minimum Gasteiger partial charge on any atom is -0.0654 e. The van der Waals surface area contributed by atoms with Crippen molar-refractivity contribution in [1.82, 2.24) is 0 Å². The first-order chi connectivity index (χ1) is 40.5. The van der Waals surface area contributed by atoms with Crippen LogP contribution in [0.4, 0.5) is 0 Å². The number of hydrogen-bond donors (Lipinski definition) is 0. The van der Waals surface area contributed by atoms with Crippen molar-refractivity contribution in [3.8, 4) is 66.8 Å². The van der Waals surface area contributed by atoms with Crippen LogP contribution in [0.25, 0.3) is 110 Å². The van der Waals surface area contributed by atoms with Crippen LogP contribution >= 0.6 is 0 Å². The Kier molecular flexibility index (Phi) is 15.5. The van der Waals surface area contributed by atoms with Crippen molar-refractivity contribution in [2.75, 3.05) is 0 Å². The zero-order valence-corrected chi connectivity index (χ0v) is 49.6. The number of rotatable bonds is 24. The molecule has 0 spiro atoms. The Morgan fingerprint density at radius 3 is 0.902 bits per heavy atom. The lowest BCUT2D eigenvalue weighted by Gasteiger charge is -2.33. The molecule has 82 heavy (non-hydrogen) atoms. The molecule has 2 aliphatic rings. The molecule has 0 atom stereocenters. The lowest BCUT2D eigenvalue weighted by Crippen LogP contribution is -2.25. The molecule has 0 unspecified atom stereocenters. The summed E-state index contributed by atoms with van der Waals surface area (Å²) in [4.78, 5) is 0. The monoisotopic (exact) mass is 1070 g/mol. The van der Waals surface area contributed by atoms with E-state index in [1.807, 2.05) is 0 Å². The highest BCUT2D eigenvalue weighted by Crippen LogP contribution is 2.58. The van der Waals surface area contributed by atoms with Crippen LogP contribution in [-0.2, 0) is 10.8 Å². The summed E-state index contributed by atoms with van der Waals surface area (Å²) in [5.74, 6) is 0. The summed E-state index contributed by atoms with van der Waals surface area (Å²) in [5.41, 5.74) is 22.6. The van der Waals surface area contributed by atoms with Crippen molar-refractivity contribution in [2.45, 2.75) is 167 Å². The van der Waals surface area contributed by atoms with E-state index < -0.39 is 0 Å². The van der Waals surface area contributed by atoms with Crippen molar-refractivity contribution in [3.63, 3.8) is 0 Å². The summed E-state index contributed by atoms with van der Waals surface area (Å²) in [6.07, 6.45) is 25.5. The van der Waals surface area contributed by atoms with E-state index in [1.165, 1.54) is 238 Å². The third-order valence-corrected chi connectivity index (χ3v) is 20.1. The largest absolute Gasteiger partial charge is 0.0654 e. The molecule has 11 aromatic rings. The minimum absolute atomic E-state index is 0.0390. The topological polar surface area (TPSA) is 0 Å². The quantitative estimate of drug-likeness (QED) is 0.0321. The Balaban J connectivity index is 0.909. The Hall–Kier alpha value is -7.28. The molecular weight excluding hydrogens is 985 g/mol. The molecule has 0 heterocycles. The van der Waals surface area contributed by atoms with Gasteiger partial charge in [-0.25, -0.2) is 0 Å². The van der Waals surface area contributed by atoms with Gasteiger partial charge in [0.15, 0.2) is 0 Å². The summed E-state index contributed by atoms with van der Waals surface area (Å²) < 4.78 is 0. The molecule has 0 amide bonds. The maximum absolute atomic E-state index is 2.63. The highest BCUT2D eigenvalue weighted by molar-refractivity contribution is 6.35. The summed E-state index contributed by atoms with van der Waals surface area (Å²) in [6, 6.07) is 76.4. The predicted octanol–water partition coefficient (Wildman–Crippen LogP) is 24.8. The van der Waals surface area contributed by atoms with Gasteiger partial charge in [0.05, 0.1) is 0 Å². The average Bonchev–Trinajstić information content (AvgIpc) is 2.97. The molecule has 412 valence electrons. The van der Waals surface area contributed by atoms with Gasteiger partial charge in [0.1, 0.15) is 0 Å². The molecule has 0 radical (unpaired) electrons. The fraction of sp³-hybridized carbons (Fsp3) is 0.317. The highest BCUT2D eigenvalue weighted by atomic mass is 14.5. The third-order valence-electron chi connectivity index (χ3n) is 20.1. The standard InChI is InChI=1S/C82H84/c1-5-9-13-25-51-81(52-26-14-10-6-2)75-41-23-21-35-65(75)67-45-43-57(55-77(67)81)59-31-17-19-33-61(59)63-47-49-73-72-40-30-38-70-64(48-50-74(80(70)72)71-39-29-37-69(63)79(71)73)62-34-20-18-32-60(62)58-44-46-68-66-36-22-24-42-76(66)82(78(68)56-58,53-27-15-11-7-3)54-28-16-12-8-4/h17-24,29-50,55-56H,5-16,25-28,51-54H2,1-4H3. The zero-order chi connectivity index (χ0) is 55.6. The van der Waals surface area contributed by atoms with Gasteiger partial charge >= 0.3 is 0 Å². The van der Waals surface area contributed by atoms with Crippen LogP contribution in [0.3, 0.4) is 0 Å². The van der Waals surface area contributed by atoms with Crippen molar-refractivity contribution < 1.29 is 0 Å². The maximum Gasteiger partial charge on any atom is 0.0215 e. The van der Waals surface area contributed by atoms with E-state index in [1.54, 1.807) is 22.3 Å². The number of unbranched alkanes of at least 4 members (excludes halogenated alkanes) is 12. The molecule has 0 saturated heterocycles. The first-order valence-electron chi connectivity index (χ1n) is 32.3. The Morgan fingerprint density at radius 1 is 0.220 bits per heavy atom. The van der Waals surface area contributed by atoms with Gasteiger partial charge in [0.25, 0.3) is 0 Å². The third kappa shape index (κ3) is 9.28. The normalized spacial score (nSPS) is 13.8. The van der Waals surface area contributed by atoms with Crippen molar-refractivity contribution in [2.24, 2.45) is 0 Å². The minimum atomic E-state index is 0.0390. The molecule has 0 fully saturated rings. The molecule has 13 rings (SSSR count). The summed E-state index contributed by atoms with van der Waals surface area (Å²) >= 11 is 0. The number of fused-ring (bicyclic) bond motifs is 8. The van der Waals surface area contributed by atoms with Crippen molar-refractivity contribution in [3.05, 3.63) is 216 Å². The van der Waals surface area contributed by atoms with E-state index in [0.29, 0.717) is 0 Å². The lowest BCUT2D eigenvalue weighted by atomic mass is 9.70. The first-order valence-corrected chi connectivity index (χ1v) is 32.3. The van der Waals surface area contributed by atoms with Crippen LogP contribution < -0.4 is 0 Å². The highest BCUT2D eigenvalue weighted by Gasteiger charge is 2.44. The molecule has 0 bridgehead atoms. The molecular formula is C82H84. The second-order valence-corrected chi connectivity index (χ2v) is 24.9. The fourth-order valence-electron chi connectivity index (χ4n) is 16.1. The summed E-state index contributed by atoms with van der Waals surface area (Å²) in [7, 11) is 0. The fourth-order valence-corrected chi connectivity index (χ4v) is 16.1. The van der Waals surface area contributed by atoms with Crippen molar-refractivity contribution >= 4 is 43.1 Å². The van der Waals surface area contributed by atoms with Gasteiger partial charge in [-0.1, -0.05) is 312 Å². The maximum atomic E-state index is 2.63. The van der Waals surface area contributed by atoms with E-state index in [2.05, 4.69) is 222 Å². The van der Waals surface area contributed by atoms with Gasteiger partial charge < -0.3 is 0 Å². The van der Waals surface area contributed by atoms with Gasteiger partial charge in [-0.05, 0) is 170 Å². The molecule has 0 heteroatoms. The smallest absolute Gasteiger partial charge is 0.0215 e. The van der Waals surface area contributed by atoms with Gasteiger partial charge in [-0.3, -0.25) is 0 Å². The van der Waals surface area contributed by atoms with Crippen LogP contribution in [0.15, 0.2) is 194 Å². The first kappa shape index (κ1) is 54.0. The molecule has 11 aromatic carbocycles. The Labute approximate surface area is 490 Å².